The third-order valence-corrected chi connectivity index (χ3v) is 7.57. The fraction of sp³-hybridized carbons (Fsp3) is 0. The predicted molar refractivity (Wildman–Crippen MR) is 177 cm³/mol. The average molecular weight is 531 g/mol. The molecule has 0 N–H and O–H groups in total. The Morgan fingerprint density at radius 2 is 0.951 bits per heavy atom. The molecule has 8 aromatic carbocycles. The molecule has 192 valence electrons. The molecule has 1 nitrogen and oxygen atoms in total. The lowest BCUT2D eigenvalue weighted by molar-refractivity contribution is 1.30. The quantitative estimate of drug-likeness (QED) is 0.205. The van der Waals surface area contributed by atoms with E-state index in [-0.39, 0.29) is 29.0 Å². The molecule has 0 aliphatic carbocycles. The van der Waals surface area contributed by atoms with Crippen molar-refractivity contribution in [2.24, 2.45) is 0 Å². The number of fused-ring (bicyclic) bond motifs is 6. The van der Waals surface area contributed by atoms with Crippen LogP contribution in [0.4, 0.5) is 17.1 Å². The summed E-state index contributed by atoms with van der Waals surface area (Å²) in [7, 11) is 0. The summed E-state index contributed by atoms with van der Waals surface area (Å²) in [5, 5.41) is 7.17. The van der Waals surface area contributed by atoms with Gasteiger partial charge in [0.1, 0.15) is 0 Å². The van der Waals surface area contributed by atoms with Gasteiger partial charge in [-0.1, -0.05) is 127 Å². The molecule has 0 amide bonds. The van der Waals surface area contributed by atoms with Gasteiger partial charge in [0.2, 0.25) is 0 Å². The maximum Gasteiger partial charge on any atom is 0.0645 e. The van der Waals surface area contributed by atoms with E-state index in [0.29, 0.717) is 16.6 Å². The van der Waals surface area contributed by atoms with E-state index in [9.17, 15) is 5.48 Å². The lowest BCUT2D eigenvalue weighted by Crippen LogP contribution is -2.10. The largest absolute Gasteiger partial charge is 0.310 e. The van der Waals surface area contributed by atoms with E-state index < -0.39 is 42.3 Å². The van der Waals surface area contributed by atoms with E-state index in [1.165, 1.54) is 4.90 Å². The van der Waals surface area contributed by atoms with Crippen molar-refractivity contribution in [3.05, 3.63) is 164 Å². The van der Waals surface area contributed by atoms with Gasteiger partial charge in [0, 0.05) is 16.8 Å². The molecule has 8 rings (SSSR count). The molecule has 41 heavy (non-hydrogen) atoms. The summed E-state index contributed by atoms with van der Waals surface area (Å²) in [5.41, 5.74) is 0.450. The number of anilines is 3. The van der Waals surface area contributed by atoms with Gasteiger partial charge >= 0.3 is 0 Å². The summed E-state index contributed by atoms with van der Waals surface area (Å²) in [6.07, 6.45) is 0. The van der Waals surface area contributed by atoms with Crippen molar-refractivity contribution >= 4 is 60.2 Å². The summed E-state index contributed by atoms with van der Waals surface area (Å²) in [5.74, 6) is 0. The van der Waals surface area contributed by atoms with Crippen molar-refractivity contribution in [2.45, 2.75) is 0 Å². The Balaban J connectivity index is 1.45. The number of hydrogen-bond donors (Lipinski definition) is 0. The Labute approximate surface area is 252 Å². The molecule has 0 aliphatic rings. The highest BCUT2D eigenvalue weighted by Gasteiger charge is 2.17. The molecule has 0 spiro atoms. The lowest BCUT2D eigenvalue weighted by atomic mass is 9.97. The minimum absolute atomic E-state index is 0.100. The molecule has 0 aliphatic heterocycles. The zero-order valence-electron chi connectivity index (χ0n) is 30.8. The van der Waals surface area contributed by atoms with Crippen molar-refractivity contribution in [1.82, 2.24) is 0 Å². The fourth-order valence-corrected chi connectivity index (χ4v) is 5.66. The molecule has 0 saturated heterocycles. The van der Waals surface area contributed by atoms with E-state index in [1.807, 2.05) is 97.1 Å². The van der Waals surface area contributed by atoms with Gasteiger partial charge in [0.15, 0.2) is 0 Å². The van der Waals surface area contributed by atoms with Crippen molar-refractivity contribution < 1.29 is 12.3 Å². The van der Waals surface area contributed by atoms with Crippen LogP contribution in [0.15, 0.2) is 164 Å². The second-order valence-corrected chi connectivity index (χ2v) is 9.92. The van der Waals surface area contributed by atoms with Crippen molar-refractivity contribution in [1.29, 1.82) is 0 Å². The molecule has 0 aromatic heterocycles. The average Bonchev–Trinajstić information content (AvgIpc) is 3.14. The number of nitrogens with zero attached hydrogens (tertiary/aromatic N) is 1. The summed E-state index contributed by atoms with van der Waals surface area (Å²) >= 11 is 0. The second kappa shape index (κ2) is 9.66. The molecule has 8 aromatic rings. The van der Waals surface area contributed by atoms with Crippen LogP contribution in [-0.2, 0) is 0 Å². The first kappa shape index (κ1) is 16.0. The molecular formula is C40H27N. The monoisotopic (exact) mass is 530 g/mol. The first-order chi connectivity index (χ1) is 24.1. The fourth-order valence-electron chi connectivity index (χ4n) is 5.66. The number of rotatable bonds is 4. The molecule has 0 radical (unpaired) electrons. The first-order valence-corrected chi connectivity index (χ1v) is 13.4. The molecule has 0 atom stereocenters. The first-order valence-electron chi connectivity index (χ1n) is 17.9. The molecule has 0 bridgehead atoms. The van der Waals surface area contributed by atoms with E-state index >= 15 is 0 Å². The van der Waals surface area contributed by atoms with Gasteiger partial charge in [0.25, 0.3) is 0 Å². The van der Waals surface area contributed by atoms with Crippen molar-refractivity contribution in [3.63, 3.8) is 0 Å². The van der Waals surface area contributed by atoms with Crippen LogP contribution in [0.25, 0.3) is 54.2 Å². The highest BCUT2D eigenvalue weighted by atomic mass is 15.1. The maximum atomic E-state index is 9.40. The number of para-hydroxylation sites is 1. The third kappa shape index (κ3) is 4.02. The third-order valence-electron chi connectivity index (χ3n) is 7.57. The van der Waals surface area contributed by atoms with Crippen LogP contribution in [0.2, 0.25) is 0 Å². The van der Waals surface area contributed by atoms with Gasteiger partial charge in [-0.25, -0.2) is 0 Å². The summed E-state index contributed by atoms with van der Waals surface area (Å²) in [6.45, 7) is 0. The van der Waals surface area contributed by atoms with Crippen LogP contribution in [0.5, 0.6) is 0 Å². The van der Waals surface area contributed by atoms with E-state index in [4.69, 9.17) is 6.85 Å². The van der Waals surface area contributed by atoms with Crippen LogP contribution >= 0.6 is 0 Å². The zero-order valence-corrected chi connectivity index (χ0v) is 21.8. The molecular weight excluding hydrogens is 494 g/mol. The van der Waals surface area contributed by atoms with E-state index in [2.05, 4.69) is 0 Å². The van der Waals surface area contributed by atoms with Gasteiger partial charge in [-0.15, -0.1) is 0 Å². The Bertz CT molecular complexity index is 2670. The SMILES string of the molecule is [2H]c1c([2H])c([2H])c(N(c2c([2H])c([2H])c(-c3ccc4c(ccc5ccccc54)c3)c([2H])c2[2H])c2cc3ccccc3c3ccccc23)c([2H])c1[2H]. The summed E-state index contributed by atoms with van der Waals surface area (Å²) in [6, 6.07) is 30.2. The maximum absolute atomic E-state index is 9.40. The molecule has 1 heteroatoms. The lowest BCUT2D eigenvalue weighted by Gasteiger charge is -2.27. The highest BCUT2D eigenvalue weighted by Crippen LogP contribution is 2.42. The molecule has 0 fully saturated rings. The van der Waals surface area contributed by atoms with Gasteiger partial charge < -0.3 is 4.90 Å². The Morgan fingerprint density at radius 1 is 0.390 bits per heavy atom. The normalized spacial score (nSPS) is 14.5. The predicted octanol–water partition coefficient (Wildman–Crippen LogP) is 11.4. The van der Waals surface area contributed by atoms with E-state index in [1.54, 1.807) is 12.1 Å². The van der Waals surface area contributed by atoms with E-state index in [0.717, 1.165) is 37.7 Å². The smallest absolute Gasteiger partial charge is 0.0645 e. The number of benzene rings is 8. The standard InChI is InChI=1S/C40H27N/c1-2-12-33(13-3-1)41(40-27-31-11-5-7-15-36(31)38-16-8-9-17-39(38)40)34-23-20-28(21-24-34)30-22-25-37-32(26-30)19-18-29-10-4-6-14-35(29)37/h1-27H/i1D,2D,3D,12D,13D,20D,21D,23D,24D. The van der Waals surface area contributed by atoms with Crippen LogP contribution in [0.3, 0.4) is 0 Å². The Morgan fingerprint density at radius 3 is 1.73 bits per heavy atom. The molecule has 0 saturated carbocycles. The Hall–Kier alpha value is -5.40. The van der Waals surface area contributed by atoms with Crippen molar-refractivity contribution in [3.8, 4) is 11.1 Å². The zero-order chi connectivity index (χ0) is 35.0. The van der Waals surface area contributed by atoms with Gasteiger partial charge in [-0.3, -0.25) is 0 Å². The van der Waals surface area contributed by atoms with Crippen LogP contribution in [0, 0.1) is 0 Å². The minimum Gasteiger partial charge on any atom is -0.310 e. The number of hydrogen-bond acceptors (Lipinski definition) is 1. The molecule has 0 heterocycles. The summed E-state index contributed by atoms with van der Waals surface area (Å²) < 4.78 is 80.5. The van der Waals surface area contributed by atoms with Gasteiger partial charge in [0.05, 0.1) is 18.0 Å². The Kier molecular flexibility index (Phi) is 3.77. The van der Waals surface area contributed by atoms with Crippen LogP contribution in [-0.4, -0.2) is 0 Å². The second-order valence-electron chi connectivity index (χ2n) is 9.92. The van der Waals surface area contributed by atoms with Crippen LogP contribution < -0.4 is 4.90 Å². The summed E-state index contributed by atoms with van der Waals surface area (Å²) in [4.78, 5) is 1.31. The highest BCUT2D eigenvalue weighted by molar-refractivity contribution is 6.14. The topological polar surface area (TPSA) is 3.24 Å². The van der Waals surface area contributed by atoms with Gasteiger partial charge in [-0.05, 0) is 85.1 Å². The van der Waals surface area contributed by atoms with Gasteiger partial charge in [-0.2, -0.15) is 0 Å². The van der Waals surface area contributed by atoms with Crippen molar-refractivity contribution in [2.75, 3.05) is 4.90 Å². The minimum atomic E-state index is -0.578. The molecule has 0 unspecified atom stereocenters. The van der Waals surface area contributed by atoms with Crippen LogP contribution in [0.1, 0.15) is 12.3 Å².